The summed E-state index contributed by atoms with van der Waals surface area (Å²) in [5.74, 6) is 0. The third-order valence-corrected chi connectivity index (χ3v) is 3.87. The van der Waals surface area contributed by atoms with Crippen molar-refractivity contribution in [2.75, 3.05) is 6.79 Å². The van der Waals surface area contributed by atoms with Crippen LogP contribution in [0, 0.1) is 6.92 Å². The van der Waals surface area contributed by atoms with Gasteiger partial charge in [-0.1, -0.05) is 30.0 Å². The highest BCUT2D eigenvalue weighted by Crippen LogP contribution is 2.27. The molecule has 0 aliphatic rings. The number of hydrogen-bond acceptors (Lipinski definition) is 5. The monoisotopic (exact) mass is 294 g/mol. The Kier molecular flexibility index (Phi) is 4.78. The molecule has 0 saturated heterocycles. The van der Waals surface area contributed by atoms with Gasteiger partial charge in [-0.15, -0.1) is 0 Å². The van der Waals surface area contributed by atoms with E-state index in [0.29, 0.717) is 10.6 Å². The van der Waals surface area contributed by atoms with Crippen LogP contribution in [0.15, 0.2) is 49.8 Å². The number of aliphatic hydroxyl groups is 1. The highest BCUT2D eigenvalue weighted by Gasteiger charge is 2.13. The van der Waals surface area contributed by atoms with Crippen LogP contribution in [-0.2, 0) is 11.5 Å². The van der Waals surface area contributed by atoms with Crippen molar-refractivity contribution >= 4 is 11.8 Å². The summed E-state index contributed by atoms with van der Waals surface area (Å²) in [4.78, 5) is 26.7. The lowest BCUT2D eigenvalue weighted by Gasteiger charge is -2.13. The van der Waals surface area contributed by atoms with Gasteiger partial charge < -0.3 is 9.84 Å². The van der Waals surface area contributed by atoms with Gasteiger partial charge in [0, 0.05) is 10.5 Å². The first-order chi connectivity index (χ1) is 9.63. The zero-order chi connectivity index (χ0) is 14.5. The first-order valence-corrected chi connectivity index (χ1v) is 6.70. The Labute approximate surface area is 119 Å². The van der Waals surface area contributed by atoms with E-state index in [2.05, 4.69) is 4.98 Å². The summed E-state index contributed by atoms with van der Waals surface area (Å²) in [6.45, 7) is 1.02. The summed E-state index contributed by atoms with van der Waals surface area (Å²) in [7, 11) is 0. The number of H-pyrrole nitrogens is 1. The second-order valence-electron chi connectivity index (χ2n) is 3.99. The molecule has 7 heteroatoms. The molecule has 0 saturated carbocycles. The summed E-state index contributed by atoms with van der Waals surface area (Å²) >= 11 is 1.30. The normalized spacial score (nSPS) is 10.7. The number of aromatic nitrogens is 2. The van der Waals surface area contributed by atoms with Gasteiger partial charge >= 0.3 is 5.69 Å². The molecule has 0 fully saturated rings. The number of benzene rings is 1. The molecule has 2 N–H and O–H groups in total. The minimum absolute atomic E-state index is 0.123. The first-order valence-electron chi connectivity index (χ1n) is 5.88. The number of ether oxygens (including phenoxy) is 1. The van der Waals surface area contributed by atoms with E-state index < -0.39 is 18.0 Å². The van der Waals surface area contributed by atoms with Crippen LogP contribution in [0.2, 0.25) is 0 Å². The Morgan fingerprint density at radius 3 is 2.65 bits per heavy atom. The van der Waals surface area contributed by atoms with E-state index in [-0.39, 0.29) is 6.73 Å². The second-order valence-corrected chi connectivity index (χ2v) is 5.06. The fraction of sp³-hybridized carbons (Fsp3) is 0.231. The van der Waals surface area contributed by atoms with Crippen molar-refractivity contribution in [3.05, 3.63) is 56.7 Å². The van der Waals surface area contributed by atoms with Gasteiger partial charge in [-0.2, -0.15) is 0 Å². The van der Waals surface area contributed by atoms with E-state index in [0.717, 1.165) is 4.90 Å². The smallest absolute Gasteiger partial charge is 0.331 e. The average molecular weight is 294 g/mol. The summed E-state index contributed by atoms with van der Waals surface area (Å²) in [6.07, 6.45) is 0. The van der Waals surface area contributed by atoms with Crippen molar-refractivity contribution in [2.45, 2.75) is 23.6 Å². The molecule has 2 rings (SSSR count). The third kappa shape index (κ3) is 3.19. The Bertz CT molecular complexity index is 694. The Hall–Kier alpha value is -1.83. The highest BCUT2D eigenvalue weighted by atomic mass is 32.2. The second kappa shape index (κ2) is 6.56. The maximum atomic E-state index is 11.8. The van der Waals surface area contributed by atoms with Crippen LogP contribution in [0.4, 0.5) is 0 Å². The quantitative estimate of drug-likeness (QED) is 0.633. The number of nitrogens with one attached hydrogen (secondary N) is 1. The first kappa shape index (κ1) is 14.6. The van der Waals surface area contributed by atoms with Gasteiger partial charge in [0.15, 0.2) is 0 Å². The van der Waals surface area contributed by atoms with Crippen molar-refractivity contribution in [3.63, 3.8) is 0 Å². The number of aromatic amines is 1. The summed E-state index contributed by atoms with van der Waals surface area (Å²) in [5, 5.41) is 9.21. The van der Waals surface area contributed by atoms with Crippen LogP contribution in [0.5, 0.6) is 0 Å². The lowest BCUT2D eigenvalue weighted by molar-refractivity contribution is -0.0399. The predicted molar refractivity (Wildman–Crippen MR) is 74.8 cm³/mol. The van der Waals surface area contributed by atoms with E-state index in [1.165, 1.54) is 16.3 Å². The number of hydrogen-bond donors (Lipinski definition) is 2. The van der Waals surface area contributed by atoms with Crippen molar-refractivity contribution in [3.8, 4) is 0 Å². The fourth-order valence-electron chi connectivity index (χ4n) is 1.63. The molecule has 0 atom stereocenters. The summed E-state index contributed by atoms with van der Waals surface area (Å²) < 4.78 is 6.14. The minimum Gasteiger partial charge on any atom is -0.371 e. The molecule has 0 amide bonds. The SMILES string of the molecule is Cc1c(Sc2ccccc2)n(COCO)c(=O)[nH]c1=O. The minimum atomic E-state index is -0.563. The lowest BCUT2D eigenvalue weighted by Crippen LogP contribution is -2.33. The van der Waals surface area contributed by atoms with Gasteiger partial charge in [0.2, 0.25) is 0 Å². The van der Waals surface area contributed by atoms with E-state index in [4.69, 9.17) is 9.84 Å². The van der Waals surface area contributed by atoms with E-state index in [1.54, 1.807) is 6.92 Å². The Morgan fingerprint density at radius 1 is 1.30 bits per heavy atom. The molecule has 1 aromatic heterocycles. The van der Waals surface area contributed by atoms with Gasteiger partial charge in [0.05, 0.1) is 5.03 Å². The molecule has 1 aromatic carbocycles. The molecule has 0 spiro atoms. The van der Waals surface area contributed by atoms with Crippen molar-refractivity contribution in [2.24, 2.45) is 0 Å². The summed E-state index contributed by atoms with van der Waals surface area (Å²) in [5.41, 5.74) is -0.554. The molecule has 0 radical (unpaired) electrons. The molecule has 20 heavy (non-hydrogen) atoms. The molecular weight excluding hydrogens is 280 g/mol. The molecule has 106 valence electrons. The zero-order valence-electron chi connectivity index (χ0n) is 10.8. The molecule has 1 heterocycles. The molecule has 0 unspecified atom stereocenters. The topological polar surface area (TPSA) is 84.3 Å². The van der Waals surface area contributed by atoms with Gasteiger partial charge in [-0.3, -0.25) is 14.3 Å². The standard InChI is InChI=1S/C13H14N2O4S/c1-9-11(17)14-13(18)15(7-19-8-16)12(9)20-10-5-3-2-4-6-10/h2-6,16H,7-8H2,1H3,(H,14,17,18). The van der Waals surface area contributed by atoms with Crippen LogP contribution in [0.1, 0.15) is 5.56 Å². The maximum absolute atomic E-state index is 11.8. The molecular formula is C13H14N2O4S. The van der Waals surface area contributed by atoms with Crippen LogP contribution < -0.4 is 11.2 Å². The van der Waals surface area contributed by atoms with E-state index in [1.807, 2.05) is 30.3 Å². The lowest BCUT2D eigenvalue weighted by atomic mass is 10.4. The van der Waals surface area contributed by atoms with Crippen molar-refractivity contribution in [1.29, 1.82) is 0 Å². The fourth-order valence-corrected chi connectivity index (χ4v) is 2.64. The van der Waals surface area contributed by atoms with Crippen molar-refractivity contribution in [1.82, 2.24) is 9.55 Å². The zero-order valence-corrected chi connectivity index (χ0v) is 11.6. The van der Waals surface area contributed by atoms with Crippen LogP contribution in [0.3, 0.4) is 0 Å². The van der Waals surface area contributed by atoms with Gasteiger partial charge in [-0.05, 0) is 19.1 Å². The number of rotatable bonds is 5. The summed E-state index contributed by atoms with van der Waals surface area (Å²) in [6, 6.07) is 9.39. The van der Waals surface area contributed by atoms with Gasteiger partial charge in [-0.25, -0.2) is 4.79 Å². The molecule has 0 bridgehead atoms. The Balaban J connectivity index is 2.48. The third-order valence-electron chi connectivity index (χ3n) is 2.64. The van der Waals surface area contributed by atoms with E-state index >= 15 is 0 Å². The van der Waals surface area contributed by atoms with Crippen molar-refractivity contribution < 1.29 is 9.84 Å². The van der Waals surface area contributed by atoms with Crippen LogP contribution in [-0.4, -0.2) is 21.5 Å². The molecule has 0 aliphatic heterocycles. The molecule has 6 nitrogen and oxygen atoms in total. The highest BCUT2D eigenvalue weighted by molar-refractivity contribution is 7.99. The number of nitrogens with zero attached hydrogens (tertiary/aromatic N) is 1. The average Bonchev–Trinajstić information content (AvgIpc) is 2.45. The number of aliphatic hydroxyl groups excluding tert-OH is 1. The van der Waals surface area contributed by atoms with Gasteiger partial charge in [0.1, 0.15) is 13.5 Å². The van der Waals surface area contributed by atoms with Crippen LogP contribution in [0.25, 0.3) is 0 Å². The van der Waals surface area contributed by atoms with Crippen LogP contribution >= 0.6 is 11.8 Å². The molecule has 0 aliphatic carbocycles. The maximum Gasteiger partial charge on any atom is 0.331 e. The molecule has 2 aromatic rings. The van der Waals surface area contributed by atoms with E-state index in [9.17, 15) is 9.59 Å². The van der Waals surface area contributed by atoms with Gasteiger partial charge in [0.25, 0.3) is 5.56 Å². The Morgan fingerprint density at radius 2 is 2.00 bits per heavy atom. The largest absolute Gasteiger partial charge is 0.371 e. The predicted octanol–water partition coefficient (Wildman–Crippen LogP) is 0.920.